The Bertz CT molecular complexity index is 345. The lowest BCUT2D eigenvalue weighted by atomic mass is 9.85. The molecule has 0 aliphatic heterocycles. The van der Waals surface area contributed by atoms with Crippen molar-refractivity contribution in [2.24, 2.45) is 5.92 Å². The van der Waals surface area contributed by atoms with E-state index in [1.54, 1.807) is 0 Å². The van der Waals surface area contributed by atoms with Crippen molar-refractivity contribution in [2.45, 2.75) is 39.7 Å². The molecule has 18 heavy (non-hydrogen) atoms. The van der Waals surface area contributed by atoms with E-state index >= 15 is 0 Å². The summed E-state index contributed by atoms with van der Waals surface area (Å²) in [5.41, 5.74) is 1.01. The molecular weight excluding hydrogens is 224 g/mol. The predicted molar refractivity (Wildman–Crippen MR) is 74.6 cm³/mol. The molecule has 1 aliphatic rings. The molecule has 0 spiro atoms. The van der Waals surface area contributed by atoms with Crippen molar-refractivity contribution in [2.75, 3.05) is 24.5 Å². The standard InChI is InChI=1S/C14H24N4/c1-3-15-8-13-9-17-14(10-16-13)18(4-2)11-12-6-5-7-12/h9-10,12,15H,3-8,11H2,1-2H3. The van der Waals surface area contributed by atoms with Gasteiger partial charge in [-0.25, -0.2) is 4.98 Å². The first-order valence-corrected chi connectivity index (χ1v) is 7.10. The third-order valence-corrected chi connectivity index (χ3v) is 3.66. The van der Waals surface area contributed by atoms with Gasteiger partial charge in [0.25, 0.3) is 0 Å². The average molecular weight is 248 g/mol. The van der Waals surface area contributed by atoms with Crippen LogP contribution in [0.5, 0.6) is 0 Å². The molecule has 0 amide bonds. The summed E-state index contributed by atoms with van der Waals surface area (Å²) in [7, 11) is 0. The van der Waals surface area contributed by atoms with Gasteiger partial charge in [-0.3, -0.25) is 4.98 Å². The van der Waals surface area contributed by atoms with Crippen LogP contribution in [0, 0.1) is 5.92 Å². The highest BCUT2D eigenvalue weighted by Gasteiger charge is 2.20. The topological polar surface area (TPSA) is 41.1 Å². The van der Waals surface area contributed by atoms with Gasteiger partial charge in [-0.2, -0.15) is 0 Å². The molecule has 1 saturated carbocycles. The molecule has 0 saturated heterocycles. The third-order valence-electron chi connectivity index (χ3n) is 3.66. The van der Waals surface area contributed by atoms with Crippen molar-refractivity contribution in [3.8, 4) is 0 Å². The molecule has 0 unspecified atom stereocenters. The fraction of sp³-hybridized carbons (Fsp3) is 0.714. The Morgan fingerprint density at radius 2 is 2.11 bits per heavy atom. The minimum Gasteiger partial charge on any atom is -0.355 e. The zero-order valence-corrected chi connectivity index (χ0v) is 11.5. The molecule has 4 nitrogen and oxygen atoms in total. The van der Waals surface area contributed by atoms with Crippen LogP contribution in [0.1, 0.15) is 38.8 Å². The lowest BCUT2D eigenvalue weighted by molar-refractivity contribution is 0.318. The summed E-state index contributed by atoms with van der Waals surface area (Å²) in [6.07, 6.45) is 7.96. The van der Waals surface area contributed by atoms with Gasteiger partial charge in [0.1, 0.15) is 5.82 Å². The van der Waals surface area contributed by atoms with E-state index in [-0.39, 0.29) is 0 Å². The largest absolute Gasteiger partial charge is 0.355 e. The van der Waals surface area contributed by atoms with Crippen LogP contribution in [0.2, 0.25) is 0 Å². The summed E-state index contributed by atoms with van der Waals surface area (Å²) in [6.45, 7) is 8.20. The SMILES string of the molecule is CCNCc1cnc(N(CC)CC2CCC2)cn1. The van der Waals surface area contributed by atoms with E-state index in [2.05, 4.69) is 34.0 Å². The zero-order chi connectivity index (χ0) is 12.8. The Hall–Kier alpha value is -1.16. The Balaban J connectivity index is 1.92. The maximum Gasteiger partial charge on any atom is 0.147 e. The van der Waals surface area contributed by atoms with Crippen molar-refractivity contribution < 1.29 is 0 Å². The highest BCUT2D eigenvalue weighted by atomic mass is 15.2. The van der Waals surface area contributed by atoms with E-state index in [4.69, 9.17) is 0 Å². The summed E-state index contributed by atoms with van der Waals surface area (Å²) < 4.78 is 0. The number of hydrogen-bond acceptors (Lipinski definition) is 4. The van der Waals surface area contributed by atoms with Crippen molar-refractivity contribution in [1.29, 1.82) is 0 Å². The van der Waals surface area contributed by atoms with Crippen molar-refractivity contribution >= 4 is 5.82 Å². The van der Waals surface area contributed by atoms with Gasteiger partial charge in [0.05, 0.1) is 18.1 Å². The monoisotopic (exact) mass is 248 g/mol. The molecular formula is C14H24N4. The van der Waals surface area contributed by atoms with Gasteiger partial charge >= 0.3 is 0 Å². The minimum atomic E-state index is 0.804. The third kappa shape index (κ3) is 3.42. The van der Waals surface area contributed by atoms with Crippen LogP contribution in [-0.2, 0) is 6.54 Å². The van der Waals surface area contributed by atoms with E-state index in [9.17, 15) is 0 Å². The molecule has 0 bridgehead atoms. The van der Waals surface area contributed by atoms with Gasteiger partial charge in [0, 0.05) is 19.6 Å². The van der Waals surface area contributed by atoms with Crippen LogP contribution in [0.4, 0.5) is 5.82 Å². The van der Waals surface area contributed by atoms with Crippen molar-refractivity contribution in [3.05, 3.63) is 18.1 Å². The summed E-state index contributed by atoms with van der Waals surface area (Å²) in [6, 6.07) is 0. The molecule has 1 N–H and O–H groups in total. The van der Waals surface area contributed by atoms with E-state index in [1.165, 1.54) is 19.3 Å². The van der Waals surface area contributed by atoms with Crippen LogP contribution in [0.3, 0.4) is 0 Å². The fourth-order valence-corrected chi connectivity index (χ4v) is 2.23. The van der Waals surface area contributed by atoms with Crippen molar-refractivity contribution in [1.82, 2.24) is 15.3 Å². The number of nitrogens with zero attached hydrogens (tertiary/aromatic N) is 3. The van der Waals surface area contributed by atoms with E-state index in [1.807, 2.05) is 12.4 Å². The number of nitrogens with one attached hydrogen (secondary N) is 1. The molecule has 0 atom stereocenters. The number of anilines is 1. The molecule has 0 aromatic carbocycles. The second kappa shape index (κ2) is 6.69. The molecule has 1 heterocycles. The first-order valence-electron chi connectivity index (χ1n) is 7.10. The van der Waals surface area contributed by atoms with Crippen LogP contribution in [-0.4, -0.2) is 29.6 Å². The molecule has 0 radical (unpaired) electrons. The minimum absolute atomic E-state index is 0.804. The van der Waals surface area contributed by atoms with Gasteiger partial charge in [0.2, 0.25) is 0 Å². The Morgan fingerprint density at radius 1 is 1.28 bits per heavy atom. The summed E-state index contributed by atoms with van der Waals surface area (Å²) in [4.78, 5) is 11.3. The van der Waals surface area contributed by atoms with Gasteiger partial charge in [-0.15, -0.1) is 0 Å². The number of hydrogen-bond donors (Lipinski definition) is 1. The molecule has 1 aromatic heterocycles. The lowest BCUT2D eigenvalue weighted by Gasteiger charge is -2.32. The van der Waals surface area contributed by atoms with Gasteiger partial charge < -0.3 is 10.2 Å². The quantitative estimate of drug-likeness (QED) is 0.803. The van der Waals surface area contributed by atoms with E-state index in [0.29, 0.717) is 0 Å². The Kier molecular flexibility index (Phi) is 4.93. The average Bonchev–Trinajstić information content (AvgIpc) is 2.36. The van der Waals surface area contributed by atoms with Crippen LogP contribution < -0.4 is 10.2 Å². The Labute approximate surface area is 110 Å². The predicted octanol–water partition coefficient (Wildman–Crippen LogP) is 2.21. The molecule has 4 heteroatoms. The smallest absolute Gasteiger partial charge is 0.147 e. The Morgan fingerprint density at radius 3 is 2.61 bits per heavy atom. The second-order valence-electron chi connectivity index (χ2n) is 4.98. The van der Waals surface area contributed by atoms with Gasteiger partial charge in [0.15, 0.2) is 0 Å². The van der Waals surface area contributed by atoms with E-state index in [0.717, 1.165) is 43.6 Å². The maximum absolute atomic E-state index is 4.54. The first kappa shape index (κ1) is 13.3. The summed E-state index contributed by atoms with van der Waals surface area (Å²) >= 11 is 0. The van der Waals surface area contributed by atoms with Crippen molar-refractivity contribution in [3.63, 3.8) is 0 Å². The zero-order valence-electron chi connectivity index (χ0n) is 11.5. The molecule has 1 aliphatic carbocycles. The van der Waals surface area contributed by atoms with Gasteiger partial charge in [-0.1, -0.05) is 13.3 Å². The highest BCUT2D eigenvalue weighted by molar-refractivity contribution is 5.35. The lowest BCUT2D eigenvalue weighted by Crippen LogP contribution is -2.33. The molecule has 100 valence electrons. The summed E-state index contributed by atoms with van der Waals surface area (Å²) in [5, 5.41) is 3.26. The van der Waals surface area contributed by atoms with E-state index < -0.39 is 0 Å². The molecule has 2 rings (SSSR count). The van der Waals surface area contributed by atoms with Crippen LogP contribution >= 0.6 is 0 Å². The normalized spacial score (nSPS) is 15.4. The molecule has 1 fully saturated rings. The highest BCUT2D eigenvalue weighted by Crippen LogP contribution is 2.28. The molecule has 1 aromatic rings. The van der Waals surface area contributed by atoms with Crippen LogP contribution in [0.15, 0.2) is 12.4 Å². The second-order valence-corrected chi connectivity index (χ2v) is 4.98. The number of rotatable bonds is 7. The number of aromatic nitrogens is 2. The maximum atomic E-state index is 4.54. The summed E-state index contributed by atoms with van der Waals surface area (Å²) in [5.74, 6) is 1.89. The van der Waals surface area contributed by atoms with Gasteiger partial charge in [-0.05, 0) is 32.2 Å². The first-order chi connectivity index (χ1) is 8.83. The fourth-order valence-electron chi connectivity index (χ4n) is 2.23. The van der Waals surface area contributed by atoms with Crippen LogP contribution in [0.25, 0.3) is 0 Å².